The molecule has 21 heavy (non-hydrogen) atoms. The highest BCUT2D eigenvalue weighted by molar-refractivity contribution is 7.92. The molecule has 1 aromatic carbocycles. The third-order valence-corrected chi connectivity index (χ3v) is 5.78. The molecule has 120 valence electrons. The maximum Gasteiger partial charge on any atom is 0.203 e. The number of sulfone groups is 1. The van der Waals surface area contributed by atoms with Gasteiger partial charge in [0, 0.05) is 11.8 Å². The molecule has 0 amide bonds. The Morgan fingerprint density at radius 2 is 1.57 bits per heavy atom. The second-order valence-corrected chi connectivity index (χ2v) is 7.80. The van der Waals surface area contributed by atoms with E-state index in [0.717, 1.165) is 6.26 Å². The van der Waals surface area contributed by atoms with E-state index in [1.54, 1.807) is 12.1 Å². The zero-order chi connectivity index (χ0) is 16.4. The van der Waals surface area contributed by atoms with Crippen molar-refractivity contribution < 1.29 is 27.7 Å². The van der Waals surface area contributed by atoms with Crippen LogP contribution in [0.1, 0.15) is 25.5 Å². The molecular weight excluding hydrogens is 296 g/mol. The molecule has 1 N–H and O–H groups in total. The monoisotopic (exact) mass is 318 g/mol. The second kappa shape index (κ2) is 6.11. The highest BCUT2D eigenvalue weighted by Crippen LogP contribution is 2.45. The molecule has 7 heteroatoms. The van der Waals surface area contributed by atoms with Crippen LogP contribution in [-0.4, -0.2) is 45.9 Å². The summed E-state index contributed by atoms with van der Waals surface area (Å²) in [7, 11) is 0.853. The third kappa shape index (κ3) is 3.08. The standard InChI is InChI=1S/C14H22O6S/c1-14(2,21(6,16)17)13(15)9-7-8-10(18-3)12(20-5)11(9)19-4/h7-8,13,15H,1-6H3. The van der Waals surface area contributed by atoms with Crippen molar-refractivity contribution >= 4 is 9.84 Å². The van der Waals surface area contributed by atoms with Crippen LogP contribution in [0.25, 0.3) is 0 Å². The van der Waals surface area contributed by atoms with Gasteiger partial charge in [-0.25, -0.2) is 8.42 Å². The van der Waals surface area contributed by atoms with E-state index in [0.29, 0.717) is 17.1 Å². The number of rotatable bonds is 6. The zero-order valence-electron chi connectivity index (χ0n) is 13.1. The molecule has 0 aliphatic heterocycles. The Kier molecular flexibility index (Phi) is 5.11. The van der Waals surface area contributed by atoms with Crippen LogP contribution in [0.4, 0.5) is 0 Å². The van der Waals surface area contributed by atoms with Gasteiger partial charge in [0.2, 0.25) is 5.75 Å². The summed E-state index contributed by atoms with van der Waals surface area (Å²) in [5, 5.41) is 10.5. The number of aliphatic hydroxyl groups excluding tert-OH is 1. The van der Waals surface area contributed by atoms with Crippen molar-refractivity contribution in [1.82, 2.24) is 0 Å². The molecule has 0 heterocycles. The summed E-state index contributed by atoms with van der Waals surface area (Å²) in [5.74, 6) is 0.990. The van der Waals surface area contributed by atoms with Crippen molar-refractivity contribution in [3.8, 4) is 17.2 Å². The minimum Gasteiger partial charge on any atom is -0.493 e. The van der Waals surface area contributed by atoms with Crippen LogP contribution in [0.3, 0.4) is 0 Å². The van der Waals surface area contributed by atoms with Crippen LogP contribution < -0.4 is 14.2 Å². The molecule has 0 radical (unpaired) electrons. The van der Waals surface area contributed by atoms with Crippen LogP contribution in [0.15, 0.2) is 12.1 Å². The van der Waals surface area contributed by atoms with E-state index in [9.17, 15) is 13.5 Å². The minimum absolute atomic E-state index is 0.251. The molecule has 1 atom stereocenters. The zero-order valence-corrected chi connectivity index (χ0v) is 13.9. The van der Waals surface area contributed by atoms with E-state index in [1.807, 2.05) is 0 Å². The Balaban J connectivity index is 3.51. The number of aliphatic hydroxyl groups is 1. The smallest absolute Gasteiger partial charge is 0.203 e. The van der Waals surface area contributed by atoms with Crippen molar-refractivity contribution in [3.63, 3.8) is 0 Å². The van der Waals surface area contributed by atoms with E-state index in [4.69, 9.17) is 14.2 Å². The van der Waals surface area contributed by atoms with Crippen molar-refractivity contribution in [2.45, 2.75) is 24.7 Å². The summed E-state index contributed by atoms with van der Waals surface area (Å²) in [6, 6.07) is 3.16. The molecule has 0 aliphatic rings. The average molecular weight is 318 g/mol. The van der Waals surface area contributed by atoms with Gasteiger partial charge in [-0.15, -0.1) is 0 Å². The maximum atomic E-state index is 11.9. The first kappa shape index (κ1) is 17.6. The van der Waals surface area contributed by atoms with Gasteiger partial charge in [0.15, 0.2) is 21.3 Å². The lowest BCUT2D eigenvalue weighted by atomic mass is 9.96. The van der Waals surface area contributed by atoms with Crippen LogP contribution in [0.5, 0.6) is 17.2 Å². The maximum absolute atomic E-state index is 11.9. The Bertz CT molecular complexity index is 606. The summed E-state index contributed by atoms with van der Waals surface area (Å²) in [4.78, 5) is 0. The van der Waals surface area contributed by atoms with E-state index in [-0.39, 0.29) is 5.75 Å². The summed E-state index contributed by atoms with van der Waals surface area (Å²) in [5.41, 5.74) is 0.325. The van der Waals surface area contributed by atoms with E-state index < -0.39 is 20.7 Å². The molecule has 0 saturated heterocycles. The van der Waals surface area contributed by atoms with Crippen LogP contribution in [0.2, 0.25) is 0 Å². The molecule has 1 rings (SSSR count). The summed E-state index contributed by atoms with van der Waals surface area (Å²) < 4.78 is 38.1. The van der Waals surface area contributed by atoms with Gasteiger partial charge in [-0.1, -0.05) is 0 Å². The Morgan fingerprint density at radius 3 is 1.95 bits per heavy atom. The quantitative estimate of drug-likeness (QED) is 0.857. The van der Waals surface area contributed by atoms with Crippen LogP contribution in [0, 0.1) is 0 Å². The SMILES string of the molecule is COc1ccc(C(O)C(C)(C)S(C)(=O)=O)c(OC)c1OC. The van der Waals surface area contributed by atoms with Crippen molar-refractivity contribution in [3.05, 3.63) is 17.7 Å². The predicted molar refractivity (Wildman–Crippen MR) is 80.0 cm³/mol. The van der Waals surface area contributed by atoms with Gasteiger partial charge in [0.25, 0.3) is 0 Å². The Labute approximate surface area is 125 Å². The van der Waals surface area contributed by atoms with E-state index >= 15 is 0 Å². The molecule has 0 bridgehead atoms. The Hall–Kier alpha value is -1.47. The van der Waals surface area contributed by atoms with Gasteiger partial charge in [-0.05, 0) is 26.0 Å². The average Bonchev–Trinajstić information content (AvgIpc) is 2.43. The predicted octanol–water partition coefficient (Wildman–Crippen LogP) is 1.57. The topological polar surface area (TPSA) is 82.1 Å². The highest BCUT2D eigenvalue weighted by atomic mass is 32.2. The lowest BCUT2D eigenvalue weighted by Gasteiger charge is -2.30. The van der Waals surface area contributed by atoms with Gasteiger partial charge in [-0.2, -0.15) is 0 Å². The van der Waals surface area contributed by atoms with Gasteiger partial charge < -0.3 is 19.3 Å². The van der Waals surface area contributed by atoms with Crippen LogP contribution >= 0.6 is 0 Å². The van der Waals surface area contributed by atoms with Crippen molar-refractivity contribution in [2.24, 2.45) is 0 Å². The van der Waals surface area contributed by atoms with E-state index in [1.165, 1.54) is 35.2 Å². The van der Waals surface area contributed by atoms with E-state index in [2.05, 4.69) is 0 Å². The summed E-state index contributed by atoms with van der Waals surface area (Å²) in [6.07, 6.45) is -0.189. The van der Waals surface area contributed by atoms with Gasteiger partial charge in [0.1, 0.15) is 6.10 Å². The number of benzene rings is 1. The molecule has 0 aliphatic carbocycles. The third-order valence-electron chi connectivity index (χ3n) is 3.64. The molecule has 0 spiro atoms. The fourth-order valence-corrected chi connectivity index (χ4v) is 2.45. The number of hydrogen-bond acceptors (Lipinski definition) is 6. The van der Waals surface area contributed by atoms with Gasteiger partial charge >= 0.3 is 0 Å². The first-order valence-electron chi connectivity index (χ1n) is 6.28. The van der Waals surface area contributed by atoms with Crippen LogP contribution in [-0.2, 0) is 9.84 Å². The summed E-state index contributed by atoms with van der Waals surface area (Å²) in [6.45, 7) is 2.92. The molecule has 0 saturated carbocycles. The second-order valence-electron chi connectivity index (χ2n) is 5.20. The number of methoxy groups -OCH3 is 3. The molecule has 1 unspecified atom stereocenters. The molecule has 0 aromatic heterocycles. The fraction of sp³-hybridized carbons (Fsp3) is 0.571. The summed E-state index contributed by atoms with van der Waals surface area (Å²) >= 11 is 0. The minimum atomic E-state index is -3.49. The molecule has 6 nitrogen and oxygen atoms in total. The largest absolute Gasteiger partial charge is 0.493 e. The fourth-order valence-electron chi connectivity index (χ4n) is 1.92. The van der Waals surface area contributed by atoms with Crippen molar-refractivity contribution in [2.75, 3.05) is 27.6 Å². The lowest BCUT2D eigenvalue weighted by Crippen LogP contribution is -2.38. The highest BCUT2D eigenvalue weighted by Gasteiger charge is 2.41. The molecule has 1 aromatic rings. The molecule has 0 fully saturated rings. The number of hydrogen-bond donors (Lipinski definition) is 1. The Morgan fingerprint density at radius 1 is 1.05 bits per heavy atom. The molecular formula is C14H22O6S. The first-order chi connectivity index (χ1) is 9.61. The number of ether oxygens (including phenoxy) is 3. The first-order valence-corrected chi connectivity index (χ1v) is 8.17. The van der Waals surface area contributed by atoms with Gasteiger partial charge in [0.05, 0.1) is 26.1 Å². The lowest BCUT2D eigenvalue weighted by molar-refractivity contribution is 0.135. The van der Waals surface area contributed by atoms with Crippen molar-refractivity contribution in [1.29, 1.82) is 0 Å². The van der Waals surface area contributed by atoms with Gasteiger partial charge in [-0.3, -0.25) is 0 Å². The normalized spacial score (nSPS) is 13.7.